The first-order chi connectivity index (χ1) is 15.9. The Bertz CT molecular complexity index is 1150. The second kappa shape index (κ2) is 9.08. The quantitative estimate of drug-likeness (QED) is 0.540. The summed E-state index contributed by atoms with van der Waals surface area (Å²) in [6.07, 6.45) is 8.35. The molecule has 1 aliphatic carbocycles. The number of halogens is 1. The Kier molecular flexibility index (Phi) is 6.21. The van der Waals surface area contributed by atoms with Crippen molar-refractivity contribution in [1.82, 2.24) is 5.32 Å². The van der Waals surface area contributed by atoms with Gasteiger partial charge in [-0.15, -0.1) is 0 Å². The van der Waals surface area contributed by atoms with Gasteiger partial charge in [-0.1, -0.05) is 30.7 Å². The van der Waals surface area contributed by atoms with Crippen molar-refractivity contribution in [3.63, 3.8) is 0 Å². The number of hydrogen-bond acceptors (Lipinski definition) is 5. The number of aryl methyl sites for hydroxylation is 1. The Labute approximate surface area is 191 Å². The molecule has 1 heterocycles. The lowest BCUT2D eigenvalue weighted by Gasteiger charge is -2.37. The average Bonchev–Trinajstić information content (AvgIpc) is 3.06. The molecule has 2 aromatic carbocycles. The van der Waals surface area contributed by atoms with Crippen molar-refractivity contribution in [2.24, 2.45) is 0 Å². The van der Waals surface area contributed by atoms with Gasteiger partial charge in [0.1, 0.15) is 11.9 Å². The van der Waals surface area contributed by atoms with Crippen molar-refractivity contribution in [3.05, 3.63) is 65.2 Å². The minimum atomic E-state index is -1.07. The summed E-state index contributed by atoms with van der Waals surface area (Å²) in [6, 6.07) is 11.7. The van der Waals surface area contributed by atoms with Gasteiger partial charge in [-0.3, -0.25) is 4.79 Å². The first-order valence-corrected chi connectivity index (χ1v) is 10.7. The van der Waals surface area contributed by atoms with Gasteiger partial charge in [0.15, 0.2) is 5.76 Å². The van der Waals surface area contributed by atoms with Gasteiger partial charge in [0, 0.05) is 7.11 Å². The molecule has 0 saturated heterocycles. The molecule has 2 aliphatic rings. The minimum Gasteiger partial charge on any atom is -0.395 e. The number of benzene rings is 2. The molecule has 1 N–H and O–H groups in total. The van der Waals surface area contributed by atoms with Gasteiger partial charge in [0.05, 0.1) is 17.2 Å². The van der Waals surface area contributed by atoms with Crippen molar-refractivity contribution in [1.29, 1.82) is 0 Å². The number of rotatable bonds is 4. The smallest absolute Gasteiger partial charge is 0.395 e. The Hall–Kier alpha value is -3.63. The maximum Gasteiger partial charge on any atom is 0.528 e. The molecule has 33 heavy (non-hydrogen) atoms. The molecule has 0 radical (unpaired) electrons. The average molecular weight is 449 g/mol. The highest BCUT2D eigenvalue weighted by Crippen LogP contribution is 2.44. The molecule has 1 spiro atoms. The Morgan fingerprint density at radius 1 is 1.15 bits per heavy atom. The van der Waals surface area contributed by atoms with E-state index in [0.717, 1.165) is 16.7 Å². The van der Waals surface area contributed by atoms with Crippen molar-refractivity contribution in [2.45, 2.75) is 44.2 Å². The molecule has 1 saturated carbocycles. The van der Waals surface area contributed by atoms with Crippen LogP contribution in [-0.4, -0.2) is 30.8 Å². The zero-order valence-electron chi connectivity index (χ0n) is 18.4. The van der Waals surface area contributed by atoms with Crippen LogP contribution in [-0.2, 0) is 19.0 Å². The molecule has 4 rings (SSSR count). The minimum absolute atomic E-state index is 0.0685. The monoisotopic (exact) mass is 449 g/mol. The molecule has 1 aliphatic heterocycles. The van der Waals surface area contributed by atoms with Crippen LogP contribution in [0.2, 0.25) is 0 Å². The van der Waals surface area contributed by atoms with Crippen LogP contribution in [0.25, 0.3) is 16.7 Å². The van der Waals surface area contributed by atoms with Crippen LogP contribution < -0.4 is 5.32 Å². The zero-order chi connectivity index (χ0) is 23.6. The summed E-state index contributed by atoms with van der Waals surface area (Å²) in [6.45, 7) is 1.87. The number of carbonyl (C=O) groups excluding carboxylic acids is 2. The number of ether oxygens (including phenoxy) is 3. The van der Waals surface area contributed by atoms with E-state index < -0.39 is 11.7 Å². The molecule has 0 aromatic heterocycles. The molecular weight excluding hydrogens is 425 g/mol. The van der Waals surface area contributed by atoms with E-state index >= 15 is 0 Å². The molecule has 170 valence electrons. The number of amides is 1. The van der Waals surface area contributed by atoms with Gasteiger partial charge in [0.25, 0.3) is 5.91 Å². The molecular formula is C26H24FNO5. The van der Waals surface area contributed by atoms with Crippen LogP contribution >= 0.6 is 0 Å². The highest BCUT2D eigenvalue weighted by molar-refractivity contribution is 6.24. The normalized spacial score (nSPS) is 22.1. The third-order valence-corrected chi connectivity index (χ3v) is 6.37. The first kappa shape index (κ1) is 22.6. The van der Waals surface area contributed by atoms with E-state index in [1.54, 1.807) is 19.2 Å². The summed E-state index contributed by atoms with van der Waals surface area (Å²) in [5.74, 6) is -0.462. The van der Waals surface area contributed by atoms with E-state index in [-0.39, 0.29) is 29.2 Å². The Balaban J connectivity index is 1.83. The van der Waals surface area contributed by atoms with Gasteiger partial charge in [-0.05, 0) is 73.1 Å². The molecule has 1 fully saturated rings. The Morgan fingerprint density at radius 2 is 1.82 bits per heavy atom. The van der Waals surface area contributed by atoms with E-state index in [9.17, 15) is 14.0 Å². The van der Waals surface area contributed by atoms with E-state index in [4.69, 9.17) is 15.9 Å². The van der Waals surface area contributed by atoms with Crippen LogP contribution in [0, 0.1) is 25.3 Å². The predicted molar refractivity (Wildman–Crippen MR) is 120 cm³/mol. The Morgan fingerprint density at radius 3 is 2.45 bits per heavy atom. The highest BCUT2D eigenvalue weighted by atomic mass is 19.1. The lowest BCUT2D eigenvalue weighted by molar-refractivity contribution is -0.116. The summed E-state index contributed by atoms with van der Waals surface area (Å²) >= 11 is 0. The van der Waals surface area contributed by atoms with Gasteiger partial charge < -0.3 is 19.5 Å². The van der Waals surface area contributed by atoms with E-state index in [1.807, 2.05) is 31.2 Å². The molecule has 7 heteroatoms. The molecule has 0 bridgehead atoms. The fourth-order valence-electron chi connectivity index (χ4n) is 4.61. The summed E-state index contributed by atoms with van der Waals surface area (Å²) < 4.78 is 29.0. The molecule has 6 nitrogen and oxygen atoms in total. The van der Waals surface area contributed by atoms with E-state index in [1.165, 1.54) is 12.1 Å². The number of terminal acetylenes is 1. The fourth-order valence-corrected chi connectivity index (χ4v) is 4.61. The van der Waals surface area contributed by atoms with Gasteiger partial charge >= 0.3 is 6.16 Å². The number of methoxy groups -OCH3 is 1. The summed E-state index contributed by atoms with van der Waals surface area (Å²) in [4.78, 5) is 25.5. The lowest BCUT2D eigenvalue weighted by atomic mass is 9.79. The van der Waals surface area contributed by atoms with Crippen molar-refractivity contribution < 1.29 is 28.2 Å². The van der Waals surface area contributed by atoms with Crippen LogP contribution in [0.4, 0.5) is 9.18 Å². The van der Waals surface area contributed by atoms with Crippen molar-refractivity contribution >= 4 is 17.6 Å². The SMILES string of the molecule is C#COC(=O)OC1=C(c2cc(-c3ccc(F)cc3)ccc2C)C(=O)N[C@]12CC[C@@H](OC)CC2. The van der Waals surface area contributed by atoms with E-state index in [0.29, 0.717) is 31.2 Å². The van der Waals surface area contributed by atoms with Gasteiger partial charge in [-0.25, -0.2) is 9.18 Å². The summed E-state index contributed by atoms with van der Waals surface area (Å²) in [7, 11) is 1.66. The zero-order valence-corrected chi connectivity index (χ0v) is 18.4. The largest absolute Gasteiger partial charge is 0.528 e. The second-order valence-electron chi connectivity index (χ2n) is 8.28. The maximum atomic E-state index is 13.4. The van der Waals surface area contributed by atoms with Crippen molar-refractivity contribution in [3.8, 4) is 23.7 Å². The third kappa shape index (κ3) is 4.35. The summed E-state index contributed by atoms with van der Waals surface area (Å²) in [5, 5.41) is 3.05. The maximum absolute atomic E-state index is 13.4. The van der Waals surface area contributed by atoms with Crippen molar-refractivity contribution in [2.75, 3.05) is 7.11 Å². The topological polar surface area (TPSA) is 73.9 Å². The molecule has 0 atom stereocenters. The van der Waals surface area contributed by atoms with E-state index in [2.05, 4.69) is 10.1 Å². The highest BCUT2D eigenvalue weighted by Gasteiger charge is 2.50. The van der Waals surface area contributed by atoms with Gasteiger partial charge in [0.2, 0.25) is 0 Å². The van der Waals surface area contributed by atoms with Crippen LogP contribution in [0.15, 0.2) is 48.2 Å². The standard InChI is InChI=1S/C26H24FNO5/c1-4-32-25(30)33-23-22(24(29)28-26(23)13-11-20(31-3)12-14-26)21-15-18(6-5-16(21)2)17-7-9-19(27)10-8-17/h1,5-10,15,20H,11-14H2,2-3H3,(H,28,29)/t20-,26+. The number of carbonyl (C=O) groups is 2. The predicted octanol–water partition coefficient (Wildman–Crippen LogP) is 4.71. The molecule has 2 aromatic rings. The number of nitrogens with one attached hydrogen (secondary N) is 1. The third-order valence-electron chi connectivity index (χ3n) is 6.37. The number of hydrogen-bond donors (Lipinski definition) is 1. The van der Waals surface area contributed by atoms with Gasteiger partial charge in [-0.2, -0.15) is 0 Å². The second-order valence-corrected chi connectivity index (χ2v) is 8.28. The van der Waals surface area contributed by atoms with Crippen LogP contribution in [0.1, 0.15) is 36.8 Å². The summed E-state index contributed by atoms with van der Waals surface area (Å²) in [5.41, 5.74) is 2.43. The first-order valence-electron chi connectivity index (χ1n) is 10.7. The van der Waals surface area contributed by atoms with Crippen LogP contribution in [0.3, 0.4) is 0 Å². The molecule has 0 unspecified atom stereocenters. The molecule has 1 amide bonds. The lowest BCUT2D eigenvalue weighted by Crippen LogP contribution is -2.49. The fraction of sp³-hybridized carbons (Fsp3) is 0.308. The van der Waals surface area contributed by atoms with Crippen LogP contribution in [0.5, 0.6) is 0 Å².